The Hall–Kier alpha value is -3.80. The number of carboxylic acids is 2. The Labute approximate surface area is 165 Å². The van der Waals surface area contributed by atoms with Gasteiger partial charge in [-0.05, 0) is 26.0 Å². The second kappa shape index (κ2) is 11.8. The number of nitrogens with one attached hydrogen (secondary N) is 1. The molecule has 12 heteroatoms. The number of hydrogen-bond donors (Lipinski definition) is 4. The van der Waals surface area contributed by atoms with Crippen molar-refractivity contribution in [2.45, 2.75) is 19.9 Å². The predicted molar refractivity (Wildman–Crippen MR) is 102 cm³/mol. The molecule has 0 saturated heterocycles. The van der Waals surface area contributed by atoms with Crippen molar-refractivity contribution in [1.29, 1.82) is 0 Å². The molecule has 1 unspecified atom stereocenters. The smallest absolute Gasteiger partial charge is 0.323 e. The number of nitro groups is 1. The molecule has 2 amide bonds. The first-order chi connectivity index (χ1) is 13.4. The maximum Gasteiger partial charge on any atom is 0.323 e. The van der Waals surface area contributed by atoms with Gasteiger partial charge in [-0.25, -0.2) is 0 Å². The number of nitrogens with zero attached hydrogens (tertiary/aromatic N) is 2. The van der Waals surface area contributed by atoms with Gasteiger partial charge in [0.1, 0.15) is 13.1 Å². The lowest BCUT2D eigenvalue weighted by Crippen LogP contribution is -2.40. The van der Waals surface area contributed by atoms with Crippen LogP contribution in [0.4, 0.5) is 11.4 Å². The summed E-state index contributed by atoms with van der Waals surface area (Å²) in [6, 6.07) is 4.40. The number of aliphatic carboxylic acids is 2. The van der Waals surface area contributed by atoms with Crippen LogP contribution in [0.25, 0.3) is 0 Å². The topological polar surface area (TPSA) is 193 Å². The first kappa shape index (κ1) is 25.2. The third-order valence-corrected chi connectivity index (χ3v) is 3.10. The van der Waals surface area contributed by atoms with Gasteiger partial charge in [0.05, 0.1) is 11.0 Å². The molecule has 1 rings (SSSR count). The van der Waals surface area contributed by atoms with Gasteiger partial charge in [-0.2, -0.15) is 0 Å². The van der Waals surface area contributed by atoms with E-state index in [0.717, 1.165) is 4.90 Å². The van der Waals surface area contributed by atoms with Crippen LogP contribution in [0.15, 0.2) is 36.4 Å². The van der Waals surface area contributed by atoms with Gasteiger partial charge in [0, 0.05) is 23.4 Å². The number of anilines is 1. The molecule has 1 aromatic rings. The number of carbonyl (C=O) groups is 4. The molecule has 12 nitrogen and oxygen atoms in total. The molecular formula is C17H22N4O8. The maximum absolute atomic E-state index is 11.8. The number of amides is 2. The number of carboxylic acid groups (broad SMARTS) is 2. The Morgan fingerprint density at radius 1 is 1.21 bits per heavy atom. The molecule has 5 N–H and O–H groups in total. The van der Waals surface area contributed by atoms with Gasteiger partial charge in [-0.1, -0.05) is 6.58 Å². The van der Waals surface area contributed by atoms with Crippen molar-refractivity contribution in [2.75, 3.05) is 18.0 Å². The summed E-state index contributed by atoms with van der Waals surface area (Å²) in [5.41, 5.74) is 5.42. The van der Waals surface area contributed by atoms with Gasteiger partial charge < -0.3 is 21.3 Å². The summed E-state index contributed by atoms with van der Waals surface area (Å²) in [4.78, 5) is 53.9. The van der Waals surface area contributed by atoms with Crippen molar-refractivity contribution < 1.29 is 34.3 Å². The van der Waals surface area contributed by atoms with Crippen LogP contribution in [-0.4, -0.2) is 58.0 Å². The average molecular weight is 410 g/mol. The number of nitro benzene ring substituents is 1. The predicted octanol–water partition coefficient (Wildman–Crippen LogP) is 0.123. The van der Waals surface area contributed by atoms with E-state index >= 15 is 0 Å². The molecule has 0 bridgehead atoms. The minimum absolute atomic E-state index is 0.137. The van der Waals surface area contributed by atoms with Crippen molar-refractivity contribution in [3.8, 4) is 0 Å². The van der Waals surface area contributed by atoms with E-state index in [2.05, 4.69) is 11.9 Å². The van der Waals surface area contributed by atoms with Gasteiger partial charge in [-0.15, -0.1) is 0 Å². The summed E-state index contributed by atoms with van der Waals surface area (Å²) in [5, 5.41) is 29.5. The fourth-order valence-corrected chi connectivity index (χ4v) is 1.72. The first-order valence-corrected chi connectivity index (χ1v) is 8.05. The zero-order valence-electron chi connectivity index (χ0n) is 15.8. The minimum atomic E-state index is -1.19. The van der Waals surface area contributed by atoms with Crippen molar-refractivity contribution >= 4 is 35.1 Å². The quantitative estimate of drug-likeness (QED) is 0.261. The van der Waals surface area contributed by atoms with Crippen LogP contribution >= 0.6 is 0 Å². The molecule has 0 aromatic heterocycles. The van der Waals surface area contributed by atoms with Crippen molar-refractivity contribution in [2.24, 2.45) is 5.73 Å². The zero-order valence-corrected chi connectivity index (χ0v) is 15.8. The average Bonchev–Trinajstić information content (AvgIpc) is 2.63. The van der Waals surface area contributed by atoms with E-state index in [0.29, 0.717) is 0 Å². The molecule has 0 aliphatic heterocycles. The molecule has 0 spiro atoms. The normalized spacial score (nSPS) is 10.6. The number of rotatable bonds is 8. The minimum Gasteiger partial charge on any atom is -0.480 e. The van der Waals surface area contributed by atoms with E-state index in [1.165, 1.54) is 38.1 Å². The Bertz CT molecular complexity index is 789. The maximum atomic E-state index is 11.8. The first-order valence-electron chi connectivity index (χ1n) is 8.05. The third kappa shape index (κ3) is 9.63. The SMILES string of the molecule is C=C(C)C(=O)N(CC(=O)O)c1ccc([N+](=O)[O-])cc1.CC(N)C(=O)NCC(=O)O. The van der Waals surface area contributed by atoms with Gasteiger partial charge >= 0.3 is 11.9 Å². The van der Waals surface area contributed by atoms with Gasteiger partial charge in [-0.3, -0.25) is 34.2 Å². The summed E-state index contributed by atoms with van der Waals surface area (Å²) < 4.78 is 0. The number of benzene rings is 1. The van der Waals surface area contributed by atoms with Gasteiger partial charge in [0.2, 0.25) is 5.91 Å². The molecule has 0 aliphatic rings. The largest absolute Gasteiger partial charge is 0.480 e. The van der Waals surface area contributed by atoms with Crippen LogP contribution in [0.5, 0.6) is 0 Å². The van der Waals surface area contributed by atoms with Gasteiger partial charge in [0.25, 0.3) is 11.6 Å². The second-order valence-corrected chi connectivity index (χ2v) is 5.74. The summed E-state index contributed by atoms with van der Waals surface area (Å²) in [5.74, 6) is -3.26. The lowest BCUT2D eigenvalue weighted by molar-refractivity contribution is -0.384. The highest BCUT2D eigenvalue weighted by molar-refractivity contribution is 6.07. The molecule has 0 heterocycles. The molecule has 158 valence electrons. The van der Waals surface area contributed by atoms with Crippen LogP contribution in [0.2, 0.25) is 0 Å². The Morgan fingerprint density at radius 2 is 1.72 bits per heavy atom. The highest BCUT2D eigenvalue weighted by atomic mass is 16.6. The lowest BCUT2D eigenvalue weighted by Gasteiger charge is -2.20. The third-order valence-electron chi connectivity index (χ3n) is 3.10. The Kier molecular flexibility index (Phi) is 10.3. The summed E-state index contributed by atoms with van der Waals surface area (Å²) in [6.07, 6.45) is 0. The van der Waals surface area contributed by atoms with Crippen LogP contribution in [-0.2, 0) is 19.2 Å². The summed E-state index contributed by atoms with van der Waals surface area (Å²) in [7, 11) is 0. The highest BCUT2D eigenvalue weighted by Crippen LogP contribution is 2.20. The standard InChI is InChI=1S/C12H12N2O5.C5H10N2O3/c1-8(2)12(17)13(7-11(15)16)9-3-5-10(6-4-9)14(18)19;1-3(6)5(10)7-2-4(8)9/h3-6H,1,7H2,2H3,(H,15,16);3H,2,6H2,1H3,(H,7,10)(H,8,9). The molecule has 0 aliphatic carbocycles. The van der Waals surface area contributed by atoms with E-state index in [9.17, 15) is 29.3 Å². The highest BCUT2D eigenvalue weighted by Gasteiger charge is 2.20. The fourth-order valence-electron chi connectivity index (χ4n) is 1.72. The molecular weight excluding hydrogens is 388 g/mol. The van der Waals surface area contributed by atoms with Crippen LogP contribution in [0, 0.1) is 10.1 Å². The number of nitrogens with two attached hydrogens (primary N) is 1. The molecule has 0 radical (unpaired) electrons. The van der Waals surface area contributed by atoms with Crippen molar-refractivity contribution in [3.05, 3.63) is 46.5 Å². The number of non-ortho nitro benzene ring substituents is 1. The van der Waals surface area contributed by atoms with E-state index < -0.39 is 41.3 Å². The molecule has 1 atom stereocenters. The Morgan fingerprint density at radius 3 is 2.07 bits per heavy atom. The van der Waals surface area contributed by atoms with Crippen LogP contribution < -0.4 is 16.0 Å². The summed E-state index contributed by atoms with van der Waals surface area (Å²) in [6.45, 7) is 5.49. The summed E-state index contributed by atoms with van der Waals surface area (Å²) >= 11 is 0. The van der Waals surface area contributed by atoms with Crippen LogP contribution in [0.1, 0.15) is 13.8 Å². The second-order valence-electron chi connectivity index (χ2n) is 5.74. The van der Waals surface area contributed by atoms with Crippen molar-refractivity contribution in [3.63, 3.8) is 0 Å². The van der Waals surface area contributed by atoms with Gasteiger partial charge in [0.15, 0.2) is 0 Å². The Balaban J connectivity index is 0.000000665. The lowest BCUT2D eigenvalue weighted by atomic mass is 10.2. The number of hydrogen-bond acceptors (Lipinski definition) is 7. The van der Waals surface area contributed by atoms with E-state index in [-0.39, 0.29) is 23.5 Å². The van der Waals surface area contributed by atoms with Crippen LogP contribution in [0.3, 0.4) is 0 Å². The monoisotopic (exact) mass is 410 g/mol. The van der Waals surface area contributed by atoms with E-state index in [1.807, 2.05) is 0 Å². The molecule has 1 aromatic carbocycles. The fraction of sp³-hybridized carbons (Fsp3) is 0.294. The van der Waals surface area contributed by atoms with Crippen molar-refractivity contribution in [1.82, 2.24) is 5.32 Å². The molecule has 0 saturated carbocycles. The molecule has 29 heavy (non-hydrogen) atoms. The number of carbonyl (C=O) groups excluding carboxylic acids is 2. The van der Waals surface area contributed by atoms with E-state index in [4.69, 9.17) is 15.9 Å². The van der Waals surface area contributed by atoms with E-state index in [1.54, 1.807) is 0 Å². The zero-order chi connectivity index (χ0) is 22.7. The molecule has 0 fully saturated rings.